The van der Waals surface area contributed by atoms with Crippen LogP contribution >= 0.6 is 0 Å². The molecular weight excluding hydrogens is 236 g/mol. The summed E-state index contributed by atoms with van der Waals surface area (Å²) in [6.07, 6.45) is 7.21. The van der Waals surface area contributed by atoms with E-state index in [2.05, 4.69) is 23.6 Å². The van der Waals surface area contributed by atoms with Crippen LogP contribution in [0, 0.1) is 5.92 Å². The van der Waals surface area contributed by atoms with Gasteiger partial charge in [0.25, 0.3) is 0 Å². The Hall–Kier alpha value is -0.900. The molecule has 3 N–H and O–H groups in total. The summed E-state index contributed by atoms with van der Waals surface area (Å²) in [5.41, 5.74) is 7.51. The average molecular weight is 260 g/mol. The van der Waals surface area contributed by atoms with Crippen LogP contribution in [-0.2, 0) is 24.0 Å². The van der Waals surface area contributed by atoms with Crippen LogP contribution in [0.3, 0.4) is 0 Å². The Labute approximate surface area is 115 Å². The molecule has 0 saturated carbocycles. The number of nitrogens with one attached hydrogen (secondary N) is 1. The molecule has 3 rings (SSSR count). The molecule has 1 fully saturated rings. The third-order valence-electron chi connectivity index (χ3n) is 4.60. The predicted molar refractivity (Wildman–Crippen MR) is 76.8 cm³/mol. The summed E-state index contributed by atoms with van der Waals surface area (Å²) in [5, 5.41) is 0. The number of hydrogen-bond donors (Lipinski definition) is 2. The lowest BCUT2D eigenvalue weighted by atomic mass is 9.89. The number of hydrazine groups is 1. The van der Waals surface area contributed by atoms with E-state index in [1.54, 1.807) is 11.1 Å². The number of aryl methyl sites for hydroxylation is 2. The first-order valence-electron chi connectivity index (χ1n) is 7.51. The smallest absolute Gasteiger partial charge is 0.0509 e. The molecule has 2 unspecified atom stereocenters. The van der Waals surface area contributed by atoms with Crippen LogP contribution in [0.1, 0.15) is 36.0 Å². The van der Waals surface area contributed by atoms with E-state index >= 15 is 0 Å². The average Bonchev–Trinajstić information content (AvgIpc) is 2.93. The first kappa shape index (κ1) is 13.1. The molecule has 1 aromatic carbocycles. The second kappa shape index (κ2) is 6.04. The van der Waals surface area contributed by atoms with Gasteiger partial charge in [0.15, 0.2) is 0 Å². The van der Waals surface area contributed by atoms with Crippen LogP contribution in [0.15, 0.2) is 18.2 Å². The van der Waals surface area contributed by atoms with Crippen molar-refractivity contribution < 1.29 is 4.74 Å². The van der Waals surface area contributed by atoms with Crippen molar-refractivity contribution in [3.05, 3.63) is 34.9 Å². The van der Waals surface area contributed by atoms with Crippen molar-refractivity contribution in [2.75, 3.05) is 13.2 Å². The topological polar surface area (TPSA) is 47.3 Å². The second-order valence-electron chi connectivity index (χ2n) is 5.91. The zero-order valence-corrected chi connectivity index (χ0v) is 11.5. The summed E-state index contributed by atoms with van der Waals surface area (Å²) in [7, 11) is 0. The lowest BCUT2D eigenvalue weighted by Gasteiger charge is -2.30. The van der Waals surface area contributed by atoms with E-state index in [-0.39, 0.29) is 0 Å². The fraction of sp³-hybridized carbons (Fsp3) is 0.625. The molecule has 0 amide bonds. The minimum Gasteiger partial charge on any atom is -0.381 e. The molecule has 0 spiro atoms. The van der Waals surface area contributed by atoms with Crippen molar-refractivity contribution in [1.82, 2.24) is 5.43 Å². The highest BCUT2D eigenvalue weighted by atomic mass is 16.5. The summed E-state index contributed by atoms with van der Waals surface area (Å²) < 4.78 is 5.58. The number of ether oxygens (including phenoxy) is 1. The molecule has 1 aliphatic heterocycles. The maximum Gasteiger partial charge on any atom is 0.0509 e. The van der Waals surface area contributed by atoms with Gasteiger partial charge in [-0.3, -0.25) is 11.3 Å². The predicted octanol–water partition coefficient (Wildman–Crippen LogP) is 1.98. The van der Waals surface area contributed by atoms with Gasteiger partial charge in [-0.05, 0) is 61.1 Å². The van der Waals surface area contributed by atoms with Gasteiger partial charge in [0, 0.05) is 12.6 Å². The van der Waals surface area contributed by atoms with E-state index in [4.69, 9.17) is 10.6 Å². The van der Waals surface area contributed by atoms with Crippen LogP contribution in [-0.4, -0.2) is 19.3 Å². The maximum absolute atomic E-state index is 5.76. The number of rotatable bonds is 4. The zero-order chi connectivity index (χ0) is 13.1. The Bertz CT molecular complexity index is 427. The van der Waals surface area contributed by atoms with Gasteiger partial charge in [0.2, 0.25) is 0 Å². The van der Waals surface area contributed by atoms with Gasteiger partial charge in [-0.1, -0.05) is 18.2 Å². The van der Waals surface area contributed by atoms with Gasteiger partial charge in [-0.25, -0.2) is 0 Å². The summed E-state index contributed by atoms with van der Waals surface area (Å²) in [5.74, 6) is 6.31. The first-order valence-corrected chi connectivity index (χ1v) is 7.51. The van der Waals surface area contributed by atoms with Crippen LogP contribution < -0.4 is 11.3 Å². The fourth-order valence-corrected chi connectivity index (χ4v) is 3.45. The van der Waals surface area contributed by atoms with Crippen molar-refractivity contribution in [2.45, 2.75) is 44.6 Å². The third-order valence-corrected chi connectivity index (χ3v) is 4.60. The number of fused-ring (bicyclic) bond motifs is 1. The largest absolute Gasteiger partial charge is 0.381 e. The fourth-order valence-electron chi connectivity index (χ4n) is 3.45. The van der Waals surface area contributed by atoms with Gasteiger partial charge >= 0.3 is 0 Å². The van der Waals surface area contributed by atoms with Crippen molar-refractivity contribution >= 4 is 0 Å². The number of hydrogen-bond acceptors (Lipinski definition) is 3. The van der Waals surface area contributed by atoms with Gasteiger partial charge < -0.3 is 4.74 Å². The van der Waals surface area contributed by atoms with Gasteiger partial charge in [-0.15, -0.1) is 0 Å². The molecule has 2 atom stereocenters. The summed E-state index contributed by atoms with van der Waals surface area (Å²) >= 11 is 0. The molecule has 2 aliphatic rings. The lowest BCUT2D eigenvalue weighted by Crippen LogP contribution is -2.45. The van der Waals surface area contributed by atoms with Crippen molar-refractivity contribution in [3.63, 3.8) is 0 Å². The molecule has 0 radical (unpaired) electrons. The Morgan fingerprint density at radius 2 is 2.16 bits per heavy atom. The Balaban J connectivity index is 1.68. The Morgan fingerprint density at radius 3 is 2.95 bits per heavy atom. The van der Waals surface area contributed by atoms with Gasteiger partial charge in [0.1, 0.15) is 0 Å². The van der Waals surface area contributed by atoms with E-state index in [0.29, 0.717) is 12.0 Å². The SMILES string of the molecule is NNC(Cc1ccc2c(c1)CCC2)C1CCCOC1. The second-order valence-corrected chi connectivity index (χ2v) is 5.91. The van der Waals surface area contributed by atoms with Crippen LogP contribution in [0.5, 0.6) is 0 Å². The van der Waals surface area contributed by atoms with Gasteiger partial charge in [-0.2, -0.15) is 0 Å². The minimum atomic E-state index is 0.333. The summed E-state index contributed by atoms with van der Waals surface area (Å²) in [4.78, 5) is 0. The van der Waals surface area contributed by atoms with E-state index in [1.165, 1.54) is 31.2 Å². The standard InChI is InChI=1S/C16H24N2O/c17-18-16(15-5-2-8-19-11-15)10-12-6-7-13-3-1-4-14(13)9-12/h6-7,9,15-16,18H,1-5,8,10-11,17H2. The molecule has 19 heavy (non-hydrogen) atoms. The van der Waals surface area contributed by atoms with Crippen molar-refractivity contribution in [3.8, 4) is 0 Å². The monoisotopic (exact) mass is 260 g/mol. The Kier molecular flexibility index (Phi) is 4.16. The molecular formula is C16H24N2O. The molecule has 1 aromatic rings. The Morgan fingerprint density at radius 1 is 1.26 bits per heavy atom. The van der Waals surface area contributed by atoms with E-state index in [9.17, 15) is 0 Å². The van der Waals surface area contributed by atoms with Crippen molar-refractivity contribution in [1.29, 1.82) is 0 Å². The van der Waals surface area contributed by atoms with Crippen LogP contribution in [0.2, 0.25) is 0 Å². The maximum atomic E-state index is 5.76. The highest BCUT2D eigenvalue weighted by Crippen LogP contribution is 2.25. The molecule has 3 nitrogen and oxygen atoms in total. The normalized spacial score (nSPS) is 24.2. The van der Waals surface area contributed by atoms with E-state index in [0.717, 1.165) is 26.1 Å². The summed E-state index contributed by atoms with van der Waals surface area (Å²) in [6, 6.07) is 7.30. The number of nitrogens with two attached hydrogens (primary N) is 1. The van der Waals surface area contributed by atoms with E-state index in [1.807, 2.05) is 0 Å². The molecule has 3 heteroatoms. The minimum absolute atomic E-state index is 0.333. The third kappa shape index (κ3) is 2.99. The highest BCUT2D eigenvalue weighted by molar-refractivity contribution is 5.35. The molecule has 1 heterocycles. The quantitative estimate of drug-likeness (QED) is 0.643. The first-order chi connectivity index (χ1) is 9.36. The van der Waals surface area contributed by atoms with Crippen LogP contribution in [0.4, 0.5) is 0 Å². The molecule has 104 valence electrons. The zero-order valence-electron chi connectivity index (χ0n) is 11.5. The van der Waals surface area contributed by atoms with Gasteiger partial charge in [0.05, 0.1) is 6.61 Å². The lowest BCUT2D eigenvalue weighted by molar-refractivity contribution is 0.0393. The molecule has 0 aromatic heterocycles. The molecule has 1 aliphatic carbocycles. The number of benzene rings is 1. The van der Waals surface area contributed by atoms with E-state index < -0.39 is 0 Å². The summed E-state index contributed by atoms with van der Waals surface area (Å²) in [6.45, 7) is 1.76. The highest BCUT2D eigenvalue weighted by Gasteiger charge is 2.24. The molecule has 1 saturated heterocycles. The molecule has 0 bridgehead atoms. The van der Waals surface area contributed by atoms with Crippen molar-refractivity contribution in [2.24, 2.45) is 11.8 Å². The van der Waals surface area contributed by atoms with Crippen LogP contribution in [0.25, 0.3) is 0 Å².